The second-order valence-electron chi connectivity index (χ2n) is 8.07. The minimum atomic E-state index is -0.255. The number of benzene rings is 1. The average Bonchev–Trinajstić information content (AvgIpc) is 2.72. The Morgan fingerprint density at radius 2 is 1.69 bits per heavy atom. The first-order chi connectivity index (χ1) is 14.0. The van der Waals surface area contributed by atoms with Gasteiger partial charge in [-0.25, -0.2) is 9.18 Å². The number of likely N-dealkylation sites (N-methyl/N-ethyl adjacent to an activating group) is 2. The molecule has 1 aliphatic heterocycles. The Morgan fingerprint density at radius 1 is 1.03 bits per heavy atom. The number of piperazine rings is 1. The van der Waals surface area contributed by atoms with Crippen LogP contribution in [0.1, 0.15) is 25.3 Å². The molecule has 0 aromatic heterocycles. The van der Waals surface area contributed by atoms with Gasteiger partial charge in [0.2, 0.25) is 0 Å². The molecule has 1 heterocycles. The topological polar surface area (TPSA) is 42.1 Å². The molecule has 2 amide bonds. The maximum Gasteiger partial charge on any atom is 0.317 e. The Balaban J connectivity index is 1.70. The Morgan fingerprint density at radius 3 is 2.31 bits per heavy atom. The van der Waals surface area contributed by atoms with Crippen LogP contribution in [-0.2, 0) is 6.54 Å². The van der Waals surface area contributed by atoms with E-state index in [1.54, 1.807) is 17.0 Å². The number of halogens is 1. The summed E-state index contributed by atoms with van der Waals surface area (Å²) in [6, 6.07) is 6.32. The molecule has 1 N–H and O–H groups in total. The van der Waals surface area contributed by atoms with Gasteiger partial charge in [0, 0.05) is 52.4 Å². The van der Waals surface area contributed by atoms with Gasteiger partial charge in [-0.3, -0.25) is 0 Å². The molecule has 1 saturated heterocycles. The fourth-order valence-electron chi connectivity index (χ4n) is 3.48. The van der Waals surface area contributed by atoms with Gasteiger partial charge in [0.25, 0.3) is 0 Å². The number of hydrogen-bond acceptors (Lipinski definition) is 4. The van der Waals surface area contributed by atoms with Crippen LogP contribution in [-0.4, -0.2) is 98.6 Å². The highest BCUT2D eigenvalue weighted by Crippen LogP contribution is 2.08. The number of nitrogens with zero attached hydrogens (tertiary/aromatic N) is 4. The zero-order valence-corrected chi connectivity index (χ0v) is 18.4. The molecule has 0 unspecified atom stereocenters. The van der Waals surface area contributed by atoms with Crippen molar-refractivity contribution in [2.24, 2.45) is 0 Å². The smallest absolute Gasteiger partial charge is 0.317 e. The number of unbranched alkanes of at least 4 members (excludes halogenated alkanes) is 1. The van der Waals surface area contributed by atoms with Gasteiger partial charge in [0.05, 0.1) is 0 Å². The summed E-state index contributed by atoms with van der Waals surface area (Å²) in [5, 5.41) is 3.06. The van der Waals surface area contributed by atoms with E-state index in [0.717, 1.165) is 64.2 Å². The molecule has 0 spiro atoms. The fourth-order valence-corrected chi connectivity index (χ4v) is 3.48. The molecule has 29 heavy (non-hydrogen) atoms. The van der Waals surface area contributed by atoms with Gasteiger partial charge < -0.3 is 24.9 Å². The highest BCUT2D eigenvalue weighted by molar-refractivity contribution is 5.74. The van der Waals surface area contributed by atoms with Gasteiger partial charge in [0.15, 0.2) is 0 Å². The molecule has 164 valence electrons. The first-order valence-electron chi connectivity index (χ1n) is 10.8. The monoisotopic (exact) mass is 407 g/mol. The van der Waals surface area contributed by atoms with E-state index in [-0.39, 0.29) is 11.8 Å². The summed E-state index contributed by atoms with van der Waals surface area (Å²) in [6.45, 7) is 11.7. The quantitative estimate of drug-likeness (QED) is 0.572. The van der Waals surface area contributed by atoms with Crippen LogP contribution in [0.2, 0.25) is 0 Å². The molecule has 0 radical (unpaired) electrons. The van der Waals surface area contributed by atoms with Crippen LogP contribution in [0.4, 0.5) is 9.18 Å². The third-order valence-corrected chi connectivity index (χ3v) is 5.48. The zero-order chi connectivity index (χ0) is 21.1. The highest BCUT2D eigenvalue weighted by atomic mass is 19.1. The molecule has 2 rings (SSSR count). The lowest BCUT2D eigenvalue weighted by atomic mass is 10.2. The summed E-state index contributed by atoms with van der Waals surface area (Å²) in [5.74, 6) is -0.255. The summed E-state index contributed by atoms with van der Waals surface area (Å²) in [4.78, 5) is 21.5. The van der Waals surface area contributed by atoms with Crippen molar-refractivity contribution in [1.29, 1.82) is 0 Å². The van der Waals surface area contributed by atoms with Crippen molar-refractivity contribution in [3.8, 4) is 0 Å². The van der Waals surface area contributed by atoms with Crippen LogP contribution in [0, 0.1) is 5.82 Å². The molecule has 0 aliphatic carbocycles. The molecule has 1 aromatic rings. The van der Waals surface area contributed by atoms with Crippen molar-refractivity contribution in [1.82, 2.24) is 24.9 Å². The minimum absolute atomic E-state index is 0.0484. The summed E-state index contributed by atoms with van der Waals surface area (Å²) in [7, 11) is 3.99. The highest BCUT2D eigenvalue weighted by Gasteiger charge is 2.16. The third kappa shape index (κ3) is 9.10. The Bertz CT molecular complexity index is 587. The second kappa shape index (κ2) is 12.8. The number of hydrogen-bond donors (Lipinski definition) is 1. The van der Waals surface area contributed by atoms with Gasteiger partial charge in [-0.05, 0) is 57.7 Å². The van der Waals surface area contributed by atoms with Crippen LogP contribution in [0.15, 0.2) is 24.3 Å². The largest absolute Gasteiger partial charge is 0.338 e. The summed E-state index contributed by atoms with van der Waals surface area (Å²) >= 11 is 0. The van der Waals surface area contributed by atoms with Crippen molar-refractivity contribution in [3.63, 3.8) is 0 Å². The van der Waals surface area contributed by atoms with Crippen molar-refractivity contribution in [2.75, 3.05) is 73.0 Å². The van der Waals surface area contributed by atoms with Crippen LogP contribution in [0.5, 0.6) is 0 Å². The van der Waals surface area contributed by atoms with Crippen LogP contribution in [0.3, 0.4) is 0 Å². The van der Waals surface area contributed by atoms with Crippen molar-refractivity contribution in [2.45, 2.75) is 26.3 Å². The zero-order valence-electron chi connectivity index (χ0n) is 18.4. The van der Waals surface area contributed by atoms with E-state index in [1.807, 2.05) is 14.1 Å². The Hall–Kier alpha value is -1.70. The molecule has 1 aromatic carbocycles. The lowest BCUT2D eigenvalue weighted by molar-refractivity contribution is 0.135. The Labute approximate surface area is 175 Å². The first-order valence-corrected chi connectivity index (χ1v) is 10.8. The maximum absolute atomic E-state index is 13.1. The average molecular weight is 408 g/mol. The molecule has 7 heteroatoms. The number of amides is 2. The van der Waals surface area contributed by atoms with E-state index in [1.165, 1.54) is 12.1 Å². The van der Waals surface area contributed by atoms with E-state index >= 15 is 0 Å². The molecular weight excluding hydrogens is 369 g/mol. The number of nitrogens with one attached hydrogen (secondary N) is 1. The Kier molecular flexibility index (Phi) is 10.4. The SMILES string of the molecule is CCN1CCN(CCCCNC(=O)N(CCN(C)C)Cc2ccc(F)cc2)CC1. The molecule has 0 bridgehead atoms. The van der Waals surface area contributed by atoms with E-state index in [2.05, 4.69) is 26.9 Å². The number of carbonyl (C=O) groups is 1. The van der Waals surface area contributed by atoms with Crippen LogP contribution < -0.4 is 5.32 Å². The lowest BCUT2D eigenvalue weighted by Gasteiger charge is -2.34. The first kappa shape index (κ1) is 23.6. The number of carbonyl (C=O) groups excluding carboxylic acids is 1. The second-order valence-corrected chi connectivity index (χ2v) is 8.07. The van der Waals surface area contributed by atoms with Gasteiger partial charge in [-0.1, -0.05) is 19.1 Å². The molecule has 1 aliphatic rings. The van der Waals surface area contributed by atoms with E-state index in [0.29, 0.717) is 19.6 Å². The third-order valence-electron chi connectivity index (χ3n) is 5.48. The molecule has 0 atom stereocenters. The van der Waals surface area contributed by atoms with Gasteiger partial charge in [0.1, 0.15) is 5.82 Å². The molecule has 0 saturated carbocycles. The lowest BCUT2D eigenvalue weighted by Crippen LogP contribution is -2.46. The summed E-state index contributed by atoms with van der Waals surface area (Å²) in [6.07, 6.45) is 2.08. The fraction of sp³-hybridized carbons (Fsp3) is 0.682. The van der Waals surface area contributed by atoms with E-state index in [4.69, 9.17) is 0 Å². The van der Waals surface area contributed by atoms with E-state index in [9.17, 15) is 9.18 Å². The summed E-state index contributed by atoms with van der Waals surface area (Å²) in [5.41, 5.74) is 0.937. The standard InChI is InChI=1S/C22H38FN5O/c1-4-26-14-16-27(17-15-26)12-6-5-11-24-22(29)28(18-13-25(2)3)19-20-7-9-21(23)10-8-20/h7-10H,4-6,11-19H2,1-3H3,(H,24,29). The minimum Gasteiger partial charge on any atom is -0.338 e. The normalized spacial score (nSPS) is 15.6. The van der Waals surface area contributed by atoms with Crippen LogP contribution in [0.25, 0.3) is 0 Å². The van der Waals surface area contributed by atoms with Gasteiger partial charge in [-0.2, -0.15) is 0 Å². The maximum atomic E-state index is 13.1. The van der Waals surface area contributed by atoms with E-state index < -0.39 is 0 Å². The number of rotatable bonds is 11. The molecule has 6 nitrogen and oxygen atoms in total. The van der Waals surface area contributed by atoms with Gasteiger partial charge >= 0.3 is 6.03 Å². The molecular formula is C22H38FN5O. The predicted molar refractivity (Wildman–Crippen MR) is 117 cm³/mol. The predicted octanol–water partition coefficient (Wildman–Crippen LogP) is 2.32. The summed E-state index contributed by atoms with van der Waals surface area (Å²) < 4.78 is 13.1. The molecule has 1 fully saturated rings. The van der Waals surface area contributed by atoms with Crippen LogP contribution >= 0.6 is 0 Å². The van der Waals surface area contributed by atoms with Crippen molar-refractivity contribution >= 4 is 6.03 Å². The van der Waals surface area contributed by atoms with Crippen molar-refractivity contribution in [3.05, 3.63) is 35.6 Å². The van der Waals surface area contributed by atoms with Crippen molar-refractivity contribution < 1.29 is 9.18 Å². The number of urea groups is 1. The van der Waals surface area contributed by atoms with Gasteiger partial charge in [-0.15, -0.1) is 0 Å².